The van der Waals surface area contributed by atoms with Crippen LogP contribution in [-0.2, 0) is 0 Å². The summed E-state index contributed by atoms with van der Waals surface area (Å²) < 4.78 is 19.3. The first-order valence-corrected chi connectivity index (χ1v) is 6.02. The van der Waals surface area contributed by atoms with Gasteiger partial charge in [-0.2, -0.15) is 0 Å². The van der Waals surface area contributed by atoms with E-state index in [1.165, 1.54) is 30.3 Å². The van der Waals surface area contributed by atoms with Gasteiger partial charge in [0.05, 0.1) is 16.1 Å². The number of rotatable bonds is 2. The summed E-state index contributed by atoms with van der Waals surface area (Å²) in [7, 11) is 0. The fourth-order valence-corrected chi connectivity index (χ4v) is 2.02. The van der Waals surface area contributed by atoms with Crippen molar-refractivity contribution in [2.24, 2.45) is 0 Å². The third-order valence-electron chi connectivity index (χ3n) is 2.82. The van der Waals surface area contributed by atoms with Crippen LogP contribution in [-0.4, -0.2) is 16.1 Å². The second-order valence-corrected chi connectivity index (χ2v) is 4.52. The number of benzene rings is 2. The largest absolute Gasteiger partial charge is 0.478 e. The van der Waals surface area contributed by atoms with Gasteiger partial charge in [0.25, 0.3) is 0 Å². The lowest BCUT2D eigenvalue weighted by Gasteiger charge is -1.98. The molecule has 0 aliphatic carbocycles. The first-order valence-electron chi connectivity index (χ1n) is 5.64. The van der Waals surface area contributed by atoms with Crippen molar-refractivity contribution in [2.45, 2.75) is 0 Å². The van der Waals surface area contributed by atoms with Gasteiger partial charge in [0.2, 0.25) is 5.89 Å². The van der Waals surface area contributed by atoms with E-state index in [0.717, 1.165) is 0 Å². The molecule has 0 fully saturated rings. The van der Waals surface area contributed by atoms with Gasteiger partial charge in [0.1, 0.15) is 5.52 Å². The quantitative estimate of drug-likeness (QED) is 0.775. The van der Waals surface area contributed by atoms with Crippen molar-refractivity contribution in [2.75, 3.05) is 0 Å². The Hall–Kier alpha value is -2.40. The monoisotopic (exact) mass is 291 g/mol. The fourth-order valence-electron chi connectivity index (χ4n) is 1.84. The second kappa shape index (κ2) is 4.61. The number of carbonyl (C=O) groups is 1. The highest BCUT2D eigenvalue weighted by Gasteiger charge is 2.15. The van der Waals surface area contributed by atoms with E-state index in [9.17, 15) is 9.18 Å². The standard InChI is InChI=1S/C14H7ClFNO3/c15-9-3-1-2-8(12(9)16)13-17-10-6-7(14(18)19)4-5-11(10)20-13/h1-6H,(H,18,19). The topological polar surface area (TPSA) is 63.3 Å². The molecule has 2 aromatic carbocycles. The molecule has 0 aliphatic heterocycles. The highest BCUT2D eigenvalue weighted by atomic mass is 35.5. The molecule has 0 bridgehead atoms. The Morgan fingerprint density at radius 2 is 2.10 bits per heavy atom. The Morgan fingerprint density at radius 3 is 2.85 bits per heavy atom. The number of aromatic carboxylic acids is 1. The first-order chi connectivity index (χ1) is 9.56. The average molecular weight is 292 g/mol. The minimum atomic E-state index is -1.06. The Kier molecular flexibility index (Phi) is 2.91. The molecule has 0 saturated heterocycles. The maximum atomic E-state index is 13.9. The second-order valence-electron chi connectivity index (χ2n) is 4.11. The number of hydrogen-bond donors (Lipinski definition) is 1. The molecular weight excluding hydrogens is 285 g/mol. The molecule has 0 spiro atoms. The summed E-state index contributed by atoms with van der Waals surface area (Å²) in [6.45, 7) is 0. The van der Waals surface area contributed by atoms with E-state index in [4.69, 9.17) is 21.1 Å². The third-order valence-corrected chi connectivity index (χ3v) is 3.11. The SMILES string of the molecule is O=C(O)c1ccc2oc(-c3cccc(Cl)c3F)nc2c1. The minimum Gasteiger partial charge on any atom is -0.478 e. The molecule has 0 saturated carbocycles. The van der Waals surface area contributed by atoms with Crippen LogP contribution in [0.3, 0.4) is 0 Å². The van der Waals surface area contributed by atoms with E-state index >= 15 is 0 Å². The number of fused-ring (bicyclic) bond motifs is 1. The predicted molar refractivity (Wildman–Crippen MR) is 71.4 cm³/mol. The molecule has 100 valence electrons. The number of carboxylic acid groups (broad SMARTS) is 1. The number of carboxylic acids is 1. The van der Waals surface area contributed by atoms with Crippen LogP contribution in [0.1, 0.15) is 10.4 Å². The number of aromatic nitrogens is 1. The van der Waals surface area contributed by atoms with Gasteiger partial charge in [0.15, 0.2) is 11.4 Å². The molecule has 0 amide bonds. The zero-order valence-electron chi connectivity index (χ0n) is 9.93. The molecule has 0 radical (unpaired) electrons. The van der Waals surface area contributed by atoms with Gasteiger partial charge in [0, 0.05) is 0 Å². The first kappa shape index (κ1) is 12.6. The summed E-state index contributed by atoms with van der Waals surface area (Å²) in [5.74, 6) is -1.63. The molecule has 20 heavy (non-hydrogen) atoms. The van der Waals surface area contributed by atoms with Crippen molar-refractivity contribution in [3.8, 4) is 11.5 Å². The van der Waals surface area contributed by atoms with Crippen molar-refractivity contribution in [1.29, 1.82) is 0 Å². The molecule has 1 N–H and O–H groups in total. The van der Waals surface area contributed by atoms with Crippen molar-refractivity contribution in [1.82, 2.24) is 4.98 Å². The van der Waals surface area contributed by atoms with Crippen LogP contribution in [0.25, 0.3) is 22.6 Å². The number of oxazole rings is 1. The van der Waals surface area contributed by atoms with Gasteiger partial charge < -0.3 is 9.52 Å². The molecule has 0 aliphatic rings. The highest BCUT2D eigenvalue weighted by Crippen LogP contribution is 2.29. The Bertz CT molecular complexity index is 828. The van der Waals surface area contributed by atoms with Crippen LogP contribution >= 0.6 is 11.6 Å². The van der Waals surface area contributed by atoms with Gasteiger partial charge in [-0.25, -0.2) is 14.2 Å². The summed E-state index contributed by atoms with van der Waals surface area (Å²) in [6.07, 6.45) is 0. The number of hydrogen-bond acceptors (Lipinski definition) is 3. The van der Waals surface area contributed by atoms with Gasteiger partial charge >= 0.3 is 5.97 Å². The smallest absolute Gasteiger partial charge is 0.335 e. The Labute approximate surface area is 117 Å². The van der Waals surface area contributed by atoms with Crippen molar-refractivity contribution in [3.05, 3.63) is 52.8 Å². The van der Waals surface area contributed by atoms with Gasteiger partial charge in [-0.05, 0) is 30.3 Å². The average Bonchev–Trinajstić information content (AvgIpc) is 2.84. The van der Waals surface area contributed by atoms with E-state index in [2.05, 4.69) is 4.98 Å². The lowest BCUT2D eigenvalue weighted by molar-refractivity contribution is 0.0697. The summed E-state index contributed by atoms with van der Waals surface area (Å²) in [5.41, 5.74) is 0.943. The Balaban J connectivity index is 2.18. The number of nitrogens with zero attached hydrogens (tertiary/aromatic N) is 1. The lowest BCUT2D eigenvalue weighted by Crippen LogP contribution is -1.94. The van der Waals surface area contributed by atoms with Crippen LogP contribution in [0.4, 0.5) is 4.39 Å². The summed E-state index contributed by atoms with van der Waals surface area (Å²) >= 11 is 5.71. The molecule has 1 aromatic heterocycles. The predicted octanol–water partition coefficient (Wildman–Crippen LogP) is 3.99. The van der Waals surface area contributed by atoms with E-state index in [1.807, 2.05) is 0 Å². The van der Waals surface area contributed by atoms with Crippen LogP contribution in [0, 0.1) is 5.82 Å². The summed E-state index contributed by atoms with van der Waals surface area (Å²) in [4.78, 5) is 15.0. The van der Waals surface area contributed by atoms with E-state index in [1.54, 1.807) is 6.07 Å². The van der Waals surface area contributed by atoms with Gasteiger partial charge in [-0.1, -0.05) is 17.7 Å². The molecule has 0 atom stereocenters. The maximum Gasteiger partial charge on any atom is 0.335 e. The van der Waals surface area contributed by atoms with E-state index in [-0.39, 0.29) is 22.0 Å². The Morgan fingerprint density at radius 1 is 1.30 bits per heavy atom. The molecule has 0 unspecified atom stereocenters. The molecule has 4 nitrogen and oxygen atoms in total. The lowest BCUT2D eigenvalue weighted by atomic mass is 10.2. The maximum absolute atomic E-state index is 13.9. The zero-order valence-corrected chi connectivity index (χ0v) is 10.7. The summed E-state index contributed by atoms with van der Waals surface area (Å²) in [6, 6.07) is 8.74. The number of halogens is 2. The summed E-state index contributed by atoms with van der Waals surface area (Å²) in [5, 5.41) is 8.88. The van der Waals surface area contributed by atoms with Gasteiger partial charge in [-0.3, -0.25) is 0 Å². The van der Waals surface area contributed by atoms with Crippen LogP contribution in [0.15, 0.2) is 40.8 Å². The van der Waals surface area contributed by atoms with Crippen molar-refractivity contribution >= 4 is 28.7 Å². The fraction of sp³-hybridized carbons (Fsp3) is 0. The molecule has 3 rings (SSSR count). The molecule has 1 heterocycles. The van der Waals surface area contributed by atoms with Crippen LogP contribution in [0.5, 0.6) is 0 Å². The normalized spacial score (nSPS) is 10.9. The van der Waals surface area contributed by atoms with E-state index < -0.39 is 11.8 Å². The van der Waals surface area contributed by atoms with Crippen molar-refractivity contribution < 1.29 is 18.7 Å². The molecule has 3 aromatic rings. The van der Waals surface area contributed by atoms with Crippen molar-refractivity contribution in [3.63, 3.8) is 0 Å². The zero-order chi connectivity index (χ0) is 14.3. The van der Waals surface area contributed by atoms with E-state index in [0.29, 0.717) is 11.1 Å². The van der Waals surface area contributed by atoms with Gasteiger partial charge in [-0.15, -0.1) is 0 Å². The third kappa shape index (κ3) is 2.02. The highest BCUT2D eigenvalue weighted by molar-refractivity contribution is 6.31. The molecule has 6 heteroatoms. The molecular formula is C14H7ClFNO3. The minimum absolute atomic E-state index is 0.0315. The van der Waals surface area contributed by atoms with Crippen LogP contribution in [0.2, 0.25) is 5.02 Å². The van der Waals surface area contributed by atoms with Crippen LogP contribution < -0.4 is 0 Å².